The molecule has 0 aromatic heterocycles. The zero-order chi connectivity index (χ0) is 19.4. The number of carbonyl (C=O) groups is 2. The van der Waals surface area contributed by atoms with Gasteiger partial charge in [0.2, 0.25) is 5.91 Å². The fourth-order valence-electron chi connectivity index (χ4n) is 3.54. The van der Waals surface area contributed by atoms with Crippen LogP contribution < -0.4 is 4.74 Å². The smallest absolute Gasteiger partial charge is 0.308 e. The third-order valence-corrected chi connectivity index (χ3v) is 5.30. The van der Waals surface area contributed by atoms with Crippen LogP contribution >= 0.6 is 11.6 Å². The Balaban J connectivity index is 1.66. The maximum atomic E-state index is 12.7. The predicted octanol–water partition coefficient (Wildman–Crippen LogP) is 3.61. The number of amides is 1. The van der Waals surface area contributed by atoms with Crippen molar-refractivity contribution >= 4 is 23.5 Å². The van der Waals surface area contributed by atoms with Gasteiger partial charge in [-0.25, -0.2) is 0 Å². The molecule has 2 aromatic carbocycles. The largest absolute Gasteiger partial charge is 0.497 e. The van der Waals surface area contributed by atoms with Crippen molar-refractivity contribution in [3.8, 4) is 5.75 Å². The molecule has 0 unspecified atom stereocenters. The summed E-state index contributed by atoms with van der Waals surface area (Å²) in [6, 6.07) is 14.8. The lowest BCUT2D eigenvalue weighted by Gasteiger charge is -2.17. The first-order valence-electron chi connectivity index (χ1n) is 8.87. The average Bonchev–Trinajstić information content (AvgIpc) is 3.13. The summed E-state index contributed by atoms with van der Waals surface area (Å²) in [4.78, 5) is 26.0. The van der Waals surface area contributed by atoms with Crippen molar-refractivity contribution in [1.29, 1.82) is 0 Å². The van der Waals surface area contributed by atoms with E-state index < -0.39 is 11.9 Å². The highest BCUT2D eigenvalue weighted by atomic mass is 35.5. The highest BCUT2D eigenvalue weighted by molar-refractivity contribution is 6.30. The lowest BCUT2D eigenvalue weighted by atomic mass is 9.89. The molecule has 0 radical (unpaired) electrons. The van der Waals surface area contributed by atoms with Crippen LogP contribution in [0.2, 0.25) is 5.02 Å². The highest BCUT2D eigenvalue weighted by Crippen LogP contribution is 2.34. The van der Waals surface area contributed by atoms with Crippen LogP contribution in [-0.2, 0) is 16.0 Å². The van der Waals surface area contributed by atoms with Crippen LogP contribution in [0.1, 0.15) is 23.5 Å². The minimum absolute atomic E-state index is 0.0273. The summed E-state index contributed by atoms with van der Waals surface area (Å²) in [6.07, 6.45) is 0.933. The number of carbonyl (C=O) groups excluding carboxylic acids is 1. The van der Waals surface area contributed by atoms with Crippen LogP contribution in [0.3, 0.4) is 0 Å². The number of ether oxygens (including phenoxy) is 1. The van der Waals surface area contributed by atoms with Gasteiger partial charge in [0, 0.05) is 30.5 Å². The molecule has 1 N–H and O–H groups in total. The Morgan fingerprint density at radius 2 is 1.93 bits per heavy atom. The van der Waals surface area contributed by atoms with Crippen LogP contribution in [0.25, 0.3) is 0 Å². The summed E-state index contributed by atoms with van der Waals surface area (Å²) < 4.78 is 5.20. The zero-order valence-electron chi connectivity index (χ0n) is 15.1. The van der Waals surface area contributed by atoms with Crippen molar-refractivity contribution in [3.63, 3.8) is 0 Å². The van der Waals surface area contributed by atoms with Crippen molar-refractivity contribution in [3.05, 3.63) is 64.7 Å². The van der Waals surface area contributed by atoms with E-state index in [0.717, 1.165) is 16.9 Å². The first-order chi connectivity index (χ1) is 13.0. The number of carboxylic acid groups (broad SMARTS) is 1. The fourth-order valence-corrected chi connectivity index (χ4v) is 3.67. The van der Waals surface area contributed by atoms with Gasteiger partial charge in [-0.1, -0.05) is 35.9 Å². The molecule has 142 valence electrons. The first kappa shape index (κ1) is 19.2. The number of hydrogen-bond donors (Lipinski definition) is 1. The maximum Gasteiger partial charge on any atom is 0.308 e. The molecule has 1 saturated heterocycles. The Hall–Kier alpha value is -2.53. The minimum atomic E-state index is -0.877. The van der Waals surface area contributed by atoms with E-state index >= 15 is 0 Å². The molecule has 2 aromatic rings. The first-order valence-corrected chi connectivity index (χ1v) is 9.24. The van der Waals surface area contributed by atoms with E-state index in [1.807, 2.05) is 36.4 Å². The molecule has 0 saturated carbocycles. The molecule has 0 spiro atoms. The zero-order valence-corrected chi connectivity index (χ0v) is 15.9. The number of nitrogens with zero attached hydrogens (tertiary/aromatic N) is 1. The monoisotopic (exact) mass is 387 g/mol. The Morgan fingerprint density at radius 1 is 1.19 bits per heavy atom. The van der Waals surface area contributed by atoms with Gasteiger partial charge in [0.1, 0.15) is 5.75 Å². The van der Waals surface area contributed by atoms with E-state index in [1.165, 1.54) is 0 Å². The molecule has 0 aliphatic carbocycles. The van der Waals surface area contributed by atoms with Gasteiger partial charge in [0.25, 0.3) is 0 Å². The SMILES string of the molecule is COc1cccc(CCC(=O)N2C[C@@H](C(=O)O)[C@H](c3ccc(Cl)cc3)C2)c1. The lowest BCUT2D eigenvalue weighted by molar-refractivity contribution is -0.141. The van der Waals surface area contributed by atoms with Gasteiger partial charge in [-0.05, 0) is 41.8 Å². The number of halogens is 1. The normalized spacial score (nSPS) is 19.1. The van der Waals surface area contributed by atoms with Gasteiger partial charge >= 0.3 is 5.97 Å². The Kier molecular flexibility index (Phi) is 6.01. The molecule has 3 rings (SSSR count). The number of methoxy groups -OCH3 is 1. The molecule has 1 aliphatic heterocycles. The number of hydrogen-bond acceptors (Lipinski definition) is 3. The van der Waals surface area contributed by atoms with Crippen molar-refractivity contribution in [2.75, 3.05) is 20.2 Å². The fraction of sp³-hybridized carbons (Fsp3) is 0.333. The molecular weight excluding hydrogens is 366 g/mol. The van der Waals surface area contributed by atoms with Crippen molar-refractivity contribution in [2.24, 2.45) is 5.92 Å². The molecule has 0 bridgehead atoms. The van der Waals surface area contributed by atoms with E-state index in [0.29, 0.717) is 24.4 Å². The Morgan fingerprint density at radius 3 is 2.59 bits per heavy atom. The van der Waals surface area contributed by atoms with E-state index in [-0.39, 0.29) is 18.4 Å². The maximum absolute atomic E-state index is 12.7. The summed E-state index contributed by atoms with van der Waals surface area (Å²) in [6.45, 7) is 0.648. The topological polar surface area (TPSA) is 66.8 Å². The lowest BCUT2D eigenvalue weighted by Crippen LogP contribution is -2.30. The van der Waals surface area contributed by atoms with E-state index in [1.54, 1.807) is 24.1 Å². The summed E-state index contributed by atoms with van der Waals surface area (Å²) in [5.74, 6) is -0.971. The summed E-state index contributed by atoms with van der Waals surface area (Å²) in [5.41, 5.74) is 1.92. The number of carboxylic acids is 1. The molecular formula is C21H22ClNO4. The predicted molar refractivity (Wildman–Crippen MR) is 103 cm³/mol. The molecule has 1 heterocycles. The van der Waals surface area contributed by atoms with Gasteiger partial charge in [0.05, 0.1) is 13.0 Å². The molecule has 6 heteroatoms. The standard InChI is InChI=1S/C21H22ClNO4/c1-27-17-4-2-3-14(11-17)5-10-20(24)23-12-18(19(13-23)21(25)26)15-6-8-16(22)9-7-15/h2-4,6-9,11,18-19H,5,10,12-13H2,1H3,(H,25,26)/t18-,19+/m0/s1. The second kappa shape index (κ2) is 8.44. The molecule has 1 amide bonds. The van der Waals surface area contributed by atoms with Crippen LogP contribution in [0.15, 0.2) is 48.5 Å². The minimum Gasteiger partial charge on any atom is -0.497 e. The quantitative estimate of drug-likeness (QED) is 0.822. The van der Waals surface area contributed by atoms with Crippen LogP contribution in [0, 0.1) is 5.92 Å². The van der Waals surface area contributed by atoms with E-state index in [4.69, 9.17) is 16.3 Å². The number of aryl methyl sites for hydroxylation is 1. The van der Waals surface area contributed by atoms with Gasteiger partial charge < -0.3 is 14.7 Å². The van der Waals surface area contributed by atoms with Crippen LogP contribution in [0.5, 0.6) is 5.75 Å². The van der Waals surface area contributed by atoms with Crippen LogP contribution in [-0.4, -0.2) is 42.1 Å². The summed E-state index contributed by atoms with van der Waals surface area (Å²) in [5, 5.41) is 10.2. The number of rotatable bonds is 6. The molecule has 27 heavy (non-hydrogen) atoms. The van der Waals surface area contributed by atoms with E-state index in [9.17, 15) is 14.7 Å². The van der Waals surface area contributed by atoms with Gasteiger partial charge in [-0.2, -0.15) is 0 Å². The van der Waals surface area contributed by atoms with Crippen LogP contribution in [0.4, 0.5) is 0 Å². The third kappa shape index (κ3) is 4.61. The molecule has 5 nitrogen and oxygen atoms in total. The Labute approximate surface area is 163 Å². The molecule has 1 fully saturated rings. The van der Waals surface area contributed by atoms with E-state index in [2.05, 4.69) is 0 Å². The molecule has 2 atom stereocenters. The number of aliphatic carboxylic acids is 1. The number of likely N-dealkylation sites (tertiary alicyclic amines) is 1. The average molecular weight is 388 g/mol. The molecule has 1 aliphatic rings. The van der Waals surface area contributed by atoms with Crippen molar-refractivity contribution in [2.45, 2.75) is 18.8 Å². The van der Waals surface area contributed by atoms with Crippen molar-refractivity contribution in [1.82, 2.24) is 4.90 Å². The second-order valence-corrected chi connectivity index (χ2v) is 7.19. The Bertz CT molecular complexity index is 821. The van der Waals surface area contributed by atoms with Gasteiger partial charge in [-0.15, -0.1) is 0 Å². The third-order valence-electron chi connectivity index (χ3n) is 5.05. The summed E-state index contributed by atoms with van der Waals surface area (Å²) in [7, 11) is 1.61. The summed E-state index contributed by atoms with van der Waals surface area (Å²) >= 11 is 5.93. The van der Waals surface area contributed by atoms with Gasteiger partial charge in [0.15, 0.2) is 0 Å². The second-order valence-electron chi connectivity index (χ2n) is 6.75. The van der Waals surface area contributed by atoms with Crippen molar-refractivity contribution < 1.29 is 19.4 Å². The van der Waals surface area contributed by atoms with Gasteiger partial charge in [-0.3, -0.25) is 9.59 Å². The highest BCUT2D eigenvalue weighted by Gasteiger charge is 2.40. The number of benzene rings is 2.